The molecule has 9 heteroatoms. The van der Waals surface area contributed by atoms with E-state index in [1.807, 2.05) is 49.4 Å². The van der Waals surface area contributed by atoms with Crippen molar-refractivity contribution in [1.29, 1.82) is 0 Å². The van der Waals surface area contributed by atoms with Crippen LogP contribution in [0.1, 0.15) is 45.4 Å². The number of amides is 1. The lowest BCUT2D eigenvalue weighted by Gasteiger charge is -2.30. The summed E-state index contributed by atoms with van der Waals surface area (Å²) in [5, 5.41) is 9.31. The van der Waals surface area contributed by atoms with E-state index in [0.29, 0.717) is 40.5 Å². The number of hydrogen-bond donors (Lipinski definition) is 0. The Hall–Kier alpha value is -3.33. The number of nitrogens with zero attached hydrogens (tertiary/aromatic N) is 4. The van der Waals surface area contributed by atoms with Crippen molar-refractivity contribution in [3.8, 4) is 28.6 Å². The van der Waals surface area contributed by atoms with E-state index in [-0.39, 0.29) is 5.91 Å². The number of para-hydroxylation sites is 1. The van der Waals surface area contributed by atoms with Gasteiger partial charge in [0, 0.05) is 23.8 Å². The van der Waals surface area contributed by atoms with Crippen molar-refractivity contribution < 1.29 is 19.0 Å². The van der Waals surface area contributed by atoms with Crippen LogP contribution in [0.25, 0.3) is 11.3 Å². The SMILES string of the molecule is CCCCSc1nnc2c(n1)OC(c1ccc(OCC)c(OC)c1)N(C(C)=O)c1ccccc1-2. The molecule has 0 N–H and O–H groups in total. The highest BCUT2D eigenvalue weighted by molar-refractivity contribution is 7.99. The summed E-state index contributed by atoms with van der Waals surface area (Å²) in [6.45, 7) is 6.08. The summed E-state index contributed by atoms with van der Waals surface area (Å²) < 4.78 is 17.6. The predicted octanol–water partition coefficient (Wildman–Crippen LogP) is 5.28. The highest BCUT2D eigenvalue weighted by atomic mass is 32.2. The molecule has 1 amide bonds. The number of thioether (sulfide) groups is 1. The third-order valence-electron chi connectivity index (χ3n) is 5.35. The van der Waals surface area contributed by atoms with Gasteiger partial charge >= 0.3 is 0 Å². The molecule has 178 valence electrons. The molecule has 3 aromatic rings. The zero-order valence-electron chi connectivity index (χ0n) is 19.8. The number of methoxy groups -OCH3 is 1. The molecule has 0 spiro atoms. The van der Waals surface area contributed by atoms with Crippen molar-refractivity contribution in [3.05, 3.63) is 48.0 Å². The fourth-order valence-corrected chi connectivity index (χ4v) is 4.61. The molecule has 0 saturated heterocycles. The van der Waals surface area contributed by atoms with E-state index in [1.54, 1.807) is 23.8 Å². The fraction of sp³-hybridized carbons (Fsp3) is 0.360. The smallest absolute Gasteiger partial charge is 0.247 e. The quantitative estimate of drug-likeness (QED) is 0.318. The monoisotopic (exact) mass is 480 g/mol. The summed E-state index contributed by atoms with van der Waals surface area (Å²) in [6, 6.07) is 13.1. The fourth-order valence-electron chi connectivity index (χ4n) is 3.75. The van der Waals surface area contributed by atoms with E-state index in [1.165, 1.54) is 6.92 Å². The van der Waals surface area contributed by atoms with Gasteiger partial charge in [0.2, 0.25) is 23.2 Å². The lowest BCUT2D eigenvalue weighted by Crippen LogP contribution is -2.36. The van der Waals surface area contributed by atoms with Gasteiger partial charge in [0.25, 0.3) is 0 Å². The molecule has 8 nitrogen and oxygen atoms in total. The van der Waals surface area contributed by atoms with E-state index >= 15 is 0 Å². The van der Waals surface area contributed by atoms with Crippen LogP contribution in [0.15, 0.2) is 47.6 Å². The van der Waals surface area contributed by atoms with E-state index in [2.05, 4.69) is 22.1 Å². The lowest BCUT2D eigenvalue weighted by molar-refractivity contribution is -0.118. The van der Waals surface area contributed by atoms with Crippen LogP contribution in [-0.4, -0.2) is 40.6 Å². The molecule has 1 atom stereocenters. The number of anilines is 1. The van der Waals surface area contributed by atoms with Gasteiger partial charge in [0.1, 0.15) is 0 Å². The average molecular weight is 481 g/mol. The van der Waals surface area contributed by atoms with E-state index in [0.717, 1.165) is 29.7 Å². The van der Waals surface area contributed by atoms with Gasteiger partial charge in [-0.15, -0.1) is 10.2 Å². The number of unbranched alkanes of at least 4 members (excludes halogenated alkanes) is 1. The van der Waals surface area contributed by atoms with Crippen molar-refractivity contribution in [2.45, 2.75) is 45.0 Å². The maximum Gasteiger partial charge on any atom is 0.247 e. The van der Waals surface area contributed by atoms with Gasteiger partial charge in [-0.1, -0.05) is 43.3 Å². The van der Waals surface area contributed by atoms with E-state index in [4.69, 9.17) is 14.2 Å². The molecule has 0 saturated carbocycles. The summed E-state index contributed by atoms with van der Waals surface area (Å²) in [5.41, 5.74) is 2.63. The van der Waals surface area contributed by atoms with Gasteiger partial charge in [0.15, 0.2) is 17.2 Å². The van der Waals surface area contributed by atoms with Gasteiger partial charge < -0.3 is 14.2 Å². The number of fused-ring (bicyclic) bond motifs is 3. The molecule has 0 aliphatic carbocycles. The molecule has 1 unspecified atom stereocenters. The second kappa shape index (κ2) is 10.7. The number of ether oxygens (including phenoxy) is 3. The number of carbonyl (C=O) groups excluding carboxylic acids is 1. The molecule has 2 aromatic carbocycles. The van der Waals surface area contributed by atoms with Crippen LogP contribution in [0, 0.1) is 0 Å². The van der Waals surface area contributed by atoms with Crippen molar-refractivity contribution in [1.82, 2.24) is 15.2 Å². The molecule has 2 heterocycles. The molecule has 34 heavy (non-hydrogen) atoms. The number of hydrogen-bond acceptors (Lipinski definition) is 8. The minimum Gasteiger partial charge on any atom is -0.493 e. The molecule has 1 aromatic heterocycles. The lowest BCUT2D eigenvalue weighted by atomic mass is 10.1. The first-order chi connectivity index (χ1) is 16.6. The van der Waals surface area contributed by atoms with E-state index in [9.17, 15) is 4.79 Å². The summed E-state index contributed by atoms with van der Waals surface area (Å²) in [4.78, 5) is 19.2. The first-order valence-electron chi connectivity index (χ1n) is 11.3. The van der Waals surface area contributed by atoms with Gasteiger partial charge in [0.05, 0.1) is 19.4 Å². The Morgan fingerprint density at radius 2 is 1.97 bits per heavy atom. The topological polar surface area (TPSA) is 86.7 Å². The molecule has 1 aliphatic rings. The Kier molecular flexibility index (Phi) is 7.52. The average Bonchev–Trinajstić information content (AvgIpc) is 2.99. The first-order valence-corrected chi connectivity index (χ1v) is 12.3. The van der Waals surface area contributed by atoms with Crippen molar-refractivity contribution >= 4 is 23.4 Å². The zero-order chi connectivity index (χ0) is 24.1. The van der Waals surface area contributed by atoms with Crippen LogP contribution < -0.4 is 19.1 Å². The van der Waals surface area contributed by atoms with Crippen LogP contribution in [0.4, 0.5) is 5.69 Å². The number of benzene rings is 2. The molecule has 1 aliphatic heterocycles. The number of rotatable bonds is 8. The van der Waals surface area contributed by atoms with E-state index < -0.39 is 6.23 Å². The molecule has 4 rings (SSSR count). The van der Waals surface area contributed by atoms with Gasteiger partial charge in [-0.05, 0) is 37.6 Å². The third kappa shape index (κ3) is 4.79. The van der Waals surface area contributed by atoms with Crippen molar-refractivity contribution in [2.24, 2.45) is 0 Å². The Bertz CT molecular complexity index is 1170. The minimum absolute atomic E-state index is 0.177. The molecule has 0 radical (unpaired) electrons. The van der Waals surface area contributed by atoms with Crippen LogP contribution in [0.3, 0.4) is 0 Å². The van der Waals surface area contributed by atoms with Crippen LogP contribution >= 0.6 is 11.8 Å². The summed E-state index contributed by atoms with van der Waals surface area (Å²) in [6.07, 6.45) is 1.36. The van der Waals surface area contributed by atoms with Gasteiger partial charge in [-0.3, -0.25) is 9.69 Å². The van der Waals surface area contributed by atoms with Crippen LogP contribution in [-0.2, 0) is 4.79 Å². The largest absolute Gasteiger partial charge is 0.493 e. The Balaban J connectivity index is 1.84. The molecule has 0 fully saturated rings. The van der Waals surface area contributed by atoms with Gasteiger partial charge in [-0.25, -0.2) is 0 Å². The Labute approximate surface area is 203 Å². The van der Waals surface area contributed by atoms with Crippen LogP contribution in [0.2, 0.25) is 0 Å². The maximum absolute atomic E-state index is 12.9. The number of carbonyl (C=O) groups is 1. The maximum atomic E-state index is 12.9. The van der Waals surface area contributed by atoms with Crippen molar-refractivity contribution in [2.75, 3.05) is 24.4 Å². The first kappa shape index (κ1) is 23.8. The second-order valence-electron chi connectivity index (χ2n) is 7.67. The predicted molar refractivity (Wildman–Crippen MR) is 132 cm³/mol. The number of aromatic nitrogens is 3. The molecular weight excluding hydrogens is 452 g/mol. The second-order valence-corrected chi connectivity index (χ2v) is 8.73. The third-order valence-corrected chi connectivity index (χ3v) is 6.28. The van der Waals surface area contributed by atoms with Crippen LogP contribution in [0.5, 0.6) is 17.4 Å². The minimum atomic E-state index is -0.783. The van der Waals surface area contributed by atoms with Crippen molar-refractivity contribution in [3.63, 3.8) is 0 Å². The Morgan fingerprint density at radius 1 is 1.15 bits per heavy atom. The van der Waals surface area contributed by atoms with Gasteiger partial charge in [-0.2, -0.15) is 4.98 Å². The standard InChI is InChI=1S/C25H28N4O4S/c1-5-7-14-34-25-26-23-22(27-28-25)18-10-8-9-11-19(18)29(16(3)30)24(33-23)17-12-13-20(32-6-2)21(15-17)31-4/h8-13,15,24H,5-7,14H2,1-4H3. The summed E-state index contributed by atoms with van der Waals surface area (Å²) in [7, 11) is 1.58. The summed E-state index contributed by atoms with van der Waals surface area (Å²) >= 11 is 1.54. The Morgan fingerprint density at radius 3 is 2.71 bits per heavy atom. The summed E-state index contributed by atoms with van der Waals surface area (Å²) in [5.74, 6) is 2.23. The normalized spacial score (nSPS) is 14.5. The molecule has 0 bridgehead atoms. The molecular formula is C25H28N4O4S. The highest BCUT2D eigenvalue weighted by Gasteiger charge is 2.35. The zero-order valence-corrected chi connectivity index (χ0v) is 20.6. The highest BCUT2D eigenvalue weighted by Crippen LogP contribution is 2.44.